The molecule has 2 heterocycles. The maximum absolute atomic E-state index is 12.6. The molecule has 1 amide bonds. The second-order valence-corrected chi connectivity index (χ2v) is 6.81. The van der Waals surface area contributed by atoms with Gasteiger partial charge in [-0.3, -0.25) is 4.79 Å². The van der Waals surface area contributed by atoms with E-state index in [0.717, 1.165) is 41.0 Å². The van der Waals surface area contributed by atoms with Gasteiger partial charge in [0.2, 0.25) is 5.91 Å². The van der Waals surface area contributed by atoms with Gasteiger partial charge < -0.3 is 15.0 Å². The standard InChI is InChI=1S/C20H21N3O2/c1-20(10-12-25-13-11-20)19(24)21-15-8-6-14(7-9-15)18-22-16-4-2-3-5-17(16)23-18/h2-9H,10-13H2,1H3,(H,21,24)(H,22,23). The van der Waals surface area contributed by atoms with E-state index in [0.29, 0.717) is 13.2 Å². The minimum absolute atomic E-state index is 0.0623. The van der Waals surface area contributed by atoms with E-state index >= 15 is 0 Å². The summed E-state index contributed by atoms with van der Waals surface area (Å²) in [7, 11) is 0. The zero-order chi connectivity index (χ0) is 17.3. The van der Waals surface area contributed by atoms with Gasteiger partial charge in [0, 0.05) is 24.5 Å². The fourth-order valence-corrected chi connectivity index (χ4v) is 3.13. The summed E-state index contributed by atoms with van der Waals surface area (Å²) < 4.78 is 5.36. The third-order valence-corrected chi connectivity index (χ3v) is 4.95. The van der Waals surface area contributed by atoms with Gasteiger partial charge in [0.15, 0.2) is 0 Å². The van der Waals surface area contributed by atoms with Crippen molar-refractivity contribution < 1.29 is 9.53 Å². The summed E-state index contributed by atoms with van der Waals surface area (Å²) in [4.78, 5) is 20.5. The minimum atomic E-state index is -0.352. The van der Waals surface area contributed by atoms with Gasteiger partial charge in [-0.25, -0.2) is 4.98 Å². The normalized spacial score (nSPS) is 16.7. The van der Waals surface area contributed by atoms with Gasteiger partial charge in [0.1, 0.15) is 5.82 Å². The number of nitrogens with one attached hydrogen (secondary N) is 2. The number of hydrogen-bond acceptors (Lipinski definition) is 3. The van der Waals surface area contributed by atoms with Crippen LogP contribution in [-0.2, 0) is 9.53 Å². The predicted octanol–water partition coefficient (Wildman–Crippen LogP) is 3.99. The van der Waals surface area contributed by atoms with E-state index in [4.69, 9.17) is 4.74 Å². The molecule has 1 fully saturated rings. The summed E-state index contributed by atoms with van der Waals surface area (Å²) in [6.45, 7) is 3.30. The molecule has 0 spiro atoms. The van der Waals surface area contributed by atoms with E-state index in [2.05, 4.69) is 15.3 Å². The molecule has 4 rings (SSSR count). The van der Waals surface area contributed by atoms with Crippen molar-refractivity contribution in [2.24, 2.45) is 5.41 Å². The highest BCUT2D eigenvalue weighted by atomic mass is 16.5. The molecule has 25 heavy (non-hydrogen) atoms. The summed E-state index contributed by atoms with van der Waals surface area (Å²) >= 11 is 0. The molecule has 5 heteroatoms. The summed E-state index contributed by atoms with van der Waals surface area (Å²) in [5.74, 6) is 0.891. The maximum atomic E-state index is 12.6. The van der Waals surface area contributed by atoms with Crippen LogP contribution in [0.1, 0.15) is 19.8 Å². The van der Waals surface area contributed by atoms with Crippen molar-refractivity contribution in [1.82, 2.24) is 9.97 Å². The SMILES string of the molecule is CC1(C(=O)Nc2ccc(-c3nc4ccccc4[nH]3)cc2)CCOCC1. The van der Waals surface area contributed by atoms with Crippen LogP contribution in [0, 0.1) is 5.41 Å². The van der Waals surface area contributed by atoms with Crippen LogP contribution in [0.2, 0.25) is 0 Å². The number of carbonyl (C=O) groups excluding carboxylic acids is 1. The van der Waals surface area contributed by atoms with Crippen LogP contribution in [0.15, 0.2) is 48.5 Å². The number of carbonyl (C=O) groups is 1. The first-order chi connectivity index (χ1) is 12.1. The van der Waals surface area contributed by atoms with E-state index < -0.39 is 0 Å². The van der Waals surface area contributed by atoms with Gasteiger partial charge in [-0.1, -0.05) is 19.1 Å². The number of anilines is 1. The number of benzene rings is 2. The Balaban J connectivity index is 1.51. The number of rotatable bonds is 3. The van der Waals surface area contributed by atoms with Crippen LogP contribution in [0.5, 0.6) is 0 Å². The van der Waals surface area contributed by atoms with Crippen LogP contribution in [0.25, 0.3) is 22.4 Å². The minimum Gasteiger partial charge on any atom is -0.381 e. The van der Waals surface area contributed by atoms with Crippen molar-refractivity contribution in [3.8, 4) is 11.4 Å². The van der Waals surface area contributed by atoms with Crippen LogP contribution in [-0.4, -0.2) is 29.1 Å². The molecule has 0 unspecified atom stereocenters. The number of aromatic nitrogens is 2. The Bertz CT molecular complexity index is 860. The van der Waals surface area contributed by atoms with Crippen molar-refractivity contribution >= 4 is 22.6 Å². The zero-order valence-electron chi connectivity index (χ0n) is 14.2. The number of imidazole rings is 1. The molecular weight excluding hydrogens is 314 g/mol. The number of ether oxygens (including phenoxy) is 1. The van der Waals surface area contributed by atoms with Gasteiger partial charge in [-0.05, 0) is 49.2 Å². The molecule has 0 aliphatic carbocycles. The molecule has 0 radical (unpaired) electrons. The highest BCUT2D eigenvalue weighted by Crippen LogP contribution is 2.31. The van der Waals surface area contributed by atoms with Crippen molar-refractivity contribution in [1.29, 1.82) is 0 Å². The second kappa shape index (κ2) is 6.33. The molecule has 1 aliphatic rings. The van der Waals surface area contributed by atoms with Crippen LogP contribution in [0.3, 0.4) is 0 Å². The molecule has 3 aromatic rings. The molecule has 0 saturated carbocycles. The summed E-state index contributed by atoms with van der Waals surface area (Å²) in [6, 6.07) is 15.7. The monoisotopic (exact) mass is 335 g/mol. The lowest BCUT2D eigenvalue weighted by Gasteiger charge is -2.31. The molecule has 2 aromatic carbocycles. The molecular formula is C20H21N3O2. The number of hydrogen-bond donors (Lipinski definition) is 2. The largest absolute Gasteiger partial charge is 0.381 e. The predicted molar refractivity (Wildman–Crippen MR) is 98.3 cm³/mol. The highest BCUT2D eigenvalue weighted by molar-refractivity contribution is 5.95. The molecule has 1 saturated heterocycles. The number of amides is 1. The van der Waals surface area contributed by atoms with Crippen molar-refractivity contribution in [2.45, 2.75) is 19.8 Å². The van der Waals surface area contributed by atoms with Gasteiger partial charge in [-0.15, -0.1) is 0 Å². The average molecular weight is 335 g/mol. The number of fused-ring (bicyclic) bond motifs is 1. The van der Waals surface area contributed by atoms with Crippen LogP contribution < -0.4 is 5.32 Å². The van der Waals surface area contributed by atoms with Crippen molar-refractivity contribution in [3.05, 3.63) is 48.5 Å². The lowest BCUT2D eigenvalue weighted by atomic mass is 9.81. The number of aromatic amines is 1. The van der Waals surface area contributed by atoms with Gasteiger partial charge >= 0.3 is 0 Å². The van der Waals surface area contributed by atoms with E-state index in [1.807, 2.05) is 55.5 Å². The van der Waals surface area contributed by atoms with Crippen LogP contribution in [0.4, 0.5) is 5.69 Å². The Labute approximate surface area is 146 Å². The number of nitrogens with zero attached hydrogens (tertiary/aromatic N) is 1. The molecule has 1 aromatic heterocycles. The van der Waals surface area contributed by atoms with E-state index in [1.54, 1.807) is 0 Å². The van der Waals surface area contributed by atoms with Gasteiger partial charge in [0.05, 0.1) is 16.4 Å². The molecule has 0 atom stereocenters. The smallest absolute Gasteiger partial charge is 0.230 e. The average Bonchev–Trinajstić information content (AvgIpc) is 3.07. The molecule has 2 N–H and O–H groups in total. The summed E-state index contributed by atoms with van der Waals surface area (Å²) in [5.41, 5.74) is 3.41. The first-order valence-corrected chi connectivity index (χ1v) is 8.58. The number of para-hydroxylation sites is 2. The quantitative estimate of drug-likeness (QED) is 0.760. The Morgan fingerprint density at radius 1 is 1.12 bits per heavy atom. The Morgan fingerprint density at radius 2 is 1.84 bits per heavy atom. The lowest BCUT2D eigenvalue weighted by Crippen LogP contribution is -2.38. The summed E-state index contributed by atoms with van der Waals surface area (Å²) in [6.07, 6.45) is 1.52. The molecule has 1 aliphatic heterocycles. The Morgan fingerprint density at radius 3 is 2.56 bits per heavy atom. The van der Waals surface area contributed by atoms with Crippen LogP contribution >= 0.6 is 0 Å². The third-order valence-electron chi connectivity index (χ3n) is 4.95. The maximum Gasteiger partial charge on any atom is 0.230 e. The summed E-state index contributed by atoms with van der Waals surface area (Å²) in [5, 5.41) is 3.03. The van der Waals surface area contributed by atoms with E-state index in [9.17, 15) is 4.79 Å². The Hall–Kier alpha value is -2.66. The second-order valence-electron chi connectivity index (χ2n) is 6.81. The number of H-pyrrole nitrogens is 1. The zero-order valence-corrected chi connectivity index (χ0v) is 14.2. The van der Waals surface area contributed by atoms with E-state index in [-0.39, 0.29) is 11.3 Å². The first-order valence-electron chi connectivity index (χ1n) is 8.58. The van der Waals surface area contributed by atoms with Crippen molar-refractivity contribution in [3.63, 3.8) is 0 Å². The molecule has 0 bridgehead atoms. The molecule has 5 nitrogen and oxygen atoms in total. The first kappa shape index (κ1) is 15.8. The van der Waals surface area contributed by atoms with Gasteiger partial charge in [-0.2, -0.15) is 0 Å². The molecule has 128 valence electrons. The highest BCUT2D eigenvalue weighted by Gasteiger charge is 2.35. The fourth-order valence-electron chi connectivity index (χ4n) is 3.13. The van der Waals surface area contributed by atoms with Gasteiger partial charge in [0.25, 0.3) is 0 Å². The third kappa shape index (κ3) is 3.15. The topological polar surface area (TPSA) is 67.0 Å². The van der Waals surface area contributed by atoms with Crippen molar-refractivity contribution in [2.75, 3.05) is 18.5 Å². The fraction of sp³-hybridized carbons (Fsp3) is 0.300. The van der Waals surface area contributed by atoms with E-state index in [1.165, 1.54) is 0 Å². The lowest BCUT2D eigenvalue weighted by molar-refractivity contribution is -0.129. The Kier molecular flexibility index (Phi) is 4.01.